The standard InChI is InChI=1S/C22H25N3O2/c1-4-10-25-15(2)12-17(16(25)3)13-18(14-23)22(26)24-20-9-11-27-21-8-6-5-7-19(20)21/h5-8,12-13,20H,4,9-11H2,1-3H3,(H,24,26)/b18-13+/t20-/m1/s1. The number of hydrogen-bond acceptors (Lipinski definition) is 3. The number of carbonyl (C=O) groups is 1. The van der Waals surface area contributed by atoms with E-state index in [1.807, 2.05) is 44.2 Å². The zero-order valence-corrected chi connectivity index (χ0v) is 16.1. The van der Waals surface area contributed by atoms with Gasteiger partial charge in [-0.05, 0) is 44.0 Å². The number of aromatic nitrogens is 1. The zero-order chi connectivity index (χ0) is 19.4. The number of carbonyl (C=O) groups excluding carboxylic acids is 1. The third kappa shape index (κ3) is 3.90. The Balaban J connectivity index is 1.83. The maximum atomic E-state index is 12.7. The Morgan fingerprint density at radius 2 is 2.19 bits per heavy atom. The molecule has 0 radical (unpaired) electrons. The number of benzene rings is 1. The van der Waals surface area contributed by atoms with Crippen molar-refractivity contribution >= 4 is 12.0 Å². The van der Waals surface area contributed by atoms with Gasteiger partial charge in [0, 0.05) is 29.9 Å². The minimum Gasteiger partial charge on any atom is -0.493 e. The molecule has 0 aliphatic carbocycles. The summed E-state index contributed by atoms with van der Waals surface area (Å²) in [5.41, 5.74) is 4.20. The summed E-state index contributed by atoms with van der Waals surface area (Å²) in [6, 6.07) is 11.6. The molecule has 5 nitrogen and oxygen atoms in total. The number of fused-ring (bicyclic) bond motifs is 1. The van der Waals surface area contributed by atoms with Gasteiger partial charge < -0.3 is 14.6 Å². The van der Waals surface area contributed by atoms with Crippen molar-refractivity contribution in [2.24, 2.45) is 0 Å². The number of nitrogens with zero attached hydrogens (tertiary/aromatic N) is 2. The van der Waals surface area contributed by atoms with Gasteiger partial charge in [0.1, 0.15) is 17.4 Å². The predicted octanol–water partition coefficient (Wildman–Crippen LogP) is 4.06. The van der Waals surface area contributed by atoms with E-state index in [1.165, 1.54) is 0 Å². The molecule has 1 N–H and O–H groups in total. The van der Waals surface area contributed by atoms with Crippen LogP contribution < -0.4 is 10.1 Å². The van der Waals surface area contributed by atoms with Crippen molar-refractivity contribution in [2.75, 3.05) is 6.61 Å². The quantitative estimate of drug-likeness (QED) is 0.643. The molecule has 0 unspecified atom stereocenters. The molecule has 0 bridgehead atoms. The number of rotatable bonds is 5. The van der Waals surface area contributed by atoms with E-state index in [-0.39, 0.29) is 17.5 Å². The molecule has 1 aliphatic rings. The van der Waals surface area contributed by atoms with Crippen molar-refractivity contribution < 1.29 is 9.53 Å². The molecule has 140 valence electrons. The SMILES string of the molecule is CCCn1c(C)cc(/C=C(\C#N)C(=O)N[C@@H]2CCOc3ccccc32)c1C. The van der Waals surface area contributed by atoms with Crippen LogP contribution in [0.4, 0.5) is 0 Å². The fraction of sp³-hybridized carbons (Fsp3) is 0.364. The van der Waals surface area contributed by atoms with Gasteiger partial charge in [0.25, 0.3) is 5.91 Å². The first kappa shape index (κ1) is 18.8. The van der Waals surface area contributed by atoms with Crippen molar-refractivity contribution in [2.45, 2.75) is 46.2 Å². The molecule has 1 amide bonds. The summed E-state index contributed by atoms with van der Waals surface area (Å²) in [7, 11) is 0. The van der Waals surface area contributed by atoms with Crippen molar-refractivity contribution in [1.82, 2.24) is 9.88 Å². The maximum Gasteiger partial charge on any atom is 0.262 e. The van der Waals surface area contributed by atoms with Gasteiger partial charge in [0.15, 0.2) is 0 Å². The van der Waals surface area contributed by atoms with Gasteiger partial charge in [-0.3, -0.25) is 4.79 Å². The molecule has 1 aliphatic heterocycles. The van der Waals surface area contributed by atoms with E-state index >= 15 is 0 Å². The van der Waals surface area contributed by atoms with Crippen LogP contribution in [0.15, 0.2) is 35.9 Å². The molecule has 1 aromatic carbocycles. The molecule has 0 fully saturated rings. The number of hydrogen-bond donors (Lipinski definition) is 1. The number of para-hydroxylation sites is 1. The van der Waals surface area contributed by atoms with Crippen molar-refractivity contribution in [1.29, 1.82) is 5.26 Å². The smallest absolute Gasteiger partial charge is 0.262 e. The van der Waals surface area contributed by atoms with E-state index < -0.39 is 0 Å². The molecular formula is C22H25N3O2. The number of ether oxygens (including phenoxy) is 1. The van der Waals surface area contributed by atoms with Crippen LogP contribution in [-0.4, -0.2) is 17.1 Å². The Morgan fingerprint density at radius 1 is 1.41 bits per heavy atom. The summed E-state index contributed by atoms with van der Waals surface area (Å²) in [5, 5.41) is 12.5. The minimum atomic E-state index is -0.348. The summed E-state index contributed by atoms with van der Waals surface area (Å²) in [5.74, 6) is 0.444. The average molecular weight is 363 g/mol. The molecule has 27 heavy (non-hydrogen) atoms. The predicted molar refractivity (Wildman–Crippen MR) is 105 cm³/mol. The Kier molecular flexibility index (Phi) is 5.66. The highest BCUT2D eigenvalue weighted by Gasteiger charge is 2.24. The van der Waals surface area contributed by atoms with Gasteiger partial charge in [0.05, 0.1) is 12.6 Å². The monoisotopic (exact) mass is 363 g/mol. The van der Waals surface area contributed by atoms with Crippen molar-refractivity contribution in [3.8, 4) is 11.8 Å². The second-order valence-corrected chi connectivity index (χ2v) is 6.85. The third-order valence-electron chi connectivity index (χ3n) is 4.99. The summed E-state index contributed by atoms with van der Waals surface area (Å²) < 4.78 is 7.85. The van der Waals surface area contributed by atoms with Crippen molar-refractivity contribution in [3.05, 3.63) is 58.4 Å². The van der Waals surface area contributed by atoms with Gasteiger partial charge in [0.2, 0.25) is 0 Å². The molecular weight excluding hydrogens is 338 g/mol. The Hall–Kier alpha value is -3.00. The molecule has 2 heterocycles. The van der Waals surface area contributed by atoms with Gasteiger partial charge in [-0.15, -0.1) is 0 Å². The van der Waals surface area contributed by atoms with Crippen LogP contribution in [0.2, 0.25) is 0 Å². The topological polar surface area (TPSA) is 67.0 Å². The molecule has 2 aromatic rings. The first-order valence-electron chi connectivity index (χ1n) is 9.36. The van der Waals surface area contributed by atoms with E-state index in [2.05, 4.69) is 22.9 Å². The summed E-state index contributed by atoms with van der Waals surface area (Å²) >= 11 is 0. The molecule has 0 saturated carbocycles. The van der Waals surface area contributed by atoms with Crippen molar-refractivity contribution in [3.63, 3.8) is 0 Å². The van der Waals surface area contributed by atoms with Gasteiger partial charge in [-0.25, -0.2) is 0 Å². The second-order valence-electron chi connectivity index (χ2n) is 6.85. The van der Waals surface area contributed by atoms with E-state index in [9.17, 15) is 10.1 Å². The van der Waals surface area contributed by atoms with E-state index in [4.69, 9.17) is 4.74 Å². The molecule has 0 spiro atoms. The first-order valence-corrected chi connectivity index (χ1v) is 9.36. The van der Waals surface area contributed by atoms with Crippen LogP contribution in [0.25, 0.3) is 6.08 Å². The lowest BCUT2D eigenvalue weighted by molar-refractivity contribution is -0.117. The normalized spacial score (nSPS) is 16.2. The summed E-state index contributed by atoms with van der Waals surface area (Å²) in [6.45, 7) is 7.68. The van der Waals surface area contributed by atoms with Gasteiger partial charge in [-0.1, -0.05) is 25.1 Å². The van der Waals surface area contributed by atoms with Crippen LogP contribution in [0.1, 0.15) is 48.3 Å². The number of aryl methyl sites for hydroxylation is 1. The number of amides is 1. The van der Waals surface area contributed by atoms with Crippen LogP contribution >= 0.6 is 0 Å². The Morgan fingerprint density at radius 3 is 2.93 bits per heavy atom. The van der Waals surface area contributed by atoms with E-state index in [1.54, 1.807) is 6.08 Å². The van der Waals surface area contributed by atoms with Gasteiger partial charge >= 0.3 is 0 Å². The van der Waals surface area contributed by atoms with Crippen LogP contribution in [0, 0.1) is 25.2 Å². The molecule has 1 atom stereocenters. The fourth-order valence-corrected chi connectivity index (χ4v) is 3.57. The van der Waals surface area contributed by atoms with Crippen LogP contribution in [-0.2, 0) is 11.3 Å². The second kappa shape index (κ2) is 8.13. The highest BCUT2D eigenvalue weighted by molar-refractivity contribution is 6.02. The van der Waals surface area contributed by atoms with E-state index in [0.29, 0.717) is 13.0 Å². The first-order chi connectivity index (χ1) is 13.0. The fourth-order valence-electron chi connectivity index (χ4n) is 3.57. The number of nitrogens with one attached hydrogen (secondary N) is 1. The maximum absolute atomic E-state index is 12.7. The highest BCUT2D eigenvalue weighted by Crippen LogP contribution is 2.31. The molecule has 3 rings (SSSR count). The number of nitriles is 1. The summed E-state index contributed by atoms with van der Waals surface area (Å²) in [4.78, 5) is 12.7. The van der Waals surface area contributed by atoms with Gasteiger partial charge in [-0.2, -0.15) is 5.26 Å². The molecule has 0 saturated heterocycles. The Bertz CT molecular complexity index is 918. The lowest BCUT2D eigenvalue weighted by Gasteiger charge is -2.26. The van der Waals surface area contributed by atoms with Crippen LogP contribution in [0.5, 0.6) is 5.75 Å². The third-order valence-corrected chi connectivity index (χ3v) is 4.99. The lowest BCUT2D eigenvalue weighted by Crippen LogP contribution is -2.32. The lowest BCUT2D eigenvalue weighted by atomic mass is 10.00. The van der Waals surface area contributed by atoms with E-state index in [0.717, 1.165) is 41.2 Å². The van der Waals surface area contributed by atoms with Crippen LogP contribution in [0.3, 0.4) is 0 Å². The molecule has 5 heteroatoms. The summed E-state index contributed by atoms with van der Waals surface area (Å²) in [6.07, 6.45) is 3.41. The largest absolute Gasteiger partial charge is 0.493 e. The minimum absolute atomic E-state index is 0.121. The highest BCUT2D eigenvalue weighted by atomic mass is 16.5. The molecule has 1 aromatic heterocycles. The average Bonchev–Trinajstić information content (AvgIpc) is 2.94. The zero-order valence-electron chi connectivity index (χ0n) is 16.1. The Labute approximate surface area is 160 Å².